The molecule has 204 valence electrons. The topological polar surface area (TPSA) is 114 Å². The lowest BCUT2D eigenvalue weighted by Gasteiger charge is -2.22. The van der Waals surface area contributed by atoms with Crippen molar-refractivity contribution in [3.05, 3.63) is 12.2 Å². The van der Waals surface area contributed by atoms with Crippen LogP contribution in [-0.2, 0) is 23.9 Å². The summed E-state index contributed by atoms with van der Waals surface area (Å²) in [6, 6.07) is 0. The number of likely N-dealkylation sites (N-methyl/N-ethyl adjacent to an activating group) is 1. The molecule has 0 aromatic rings. The predicted molar refractivity (Wildman–Crippen MR) is 139 cm³/mol. The SMILES string of the molecule is CCCCCC(OC(=O)CCCC(=O)OCCNC)C(O)C/C=C\CCCCCCCC(=O)NC. The van der Waals surface area contributed by atoms with Gasteiger partial charge in [-0.15, -0.1) is 0 Å². The molecule has 2 atom stereocenters. The van der Waals surface area contributed by atoms with Crippen LogP contribution in [0.2, 0.25) is 0 Å². The average Bonchev–Trinajstić information content (AvgIpc) is 2.84. The van der Waals surface area contributed by atoms with Crippen LogP contribution in [0.25, 0.3) is 0 Å². The van der Waals surface area contributed by atoms with Crippen molar-refractivity contribution in [3.8, 4) is 0 Å². The number of hydrogen-bond donors (Lipinski definition) is 3. The molecule has 0 aromatic carbocycles. The number of rotatable bonds is 23. The van der Waals surface area contributed by atoms with Crippen molar-refractivity contribution in [1.29, 1.82) is 0 Å². The molecule has 35 heavy (non-hydrogen) atoms. The number of unbranched alkanes of at least 4 members (excludes halogenated alkanes) is 7. The number of aliphatic hydroxyl groups is 1. The minimum atomic E-state index is -0.733. The number of carbonyl (C=O) groups is 3. The smallest absolute Gasteiger partial charge is 0.306 e. The zero-order valence-electron chi connectivity index (χ0n) is 22.3. The molecule has 0 aliphatic rings. The second-order valence-corrected chi connectivity index (χ2v) is 8.96. The van der Waals surface area contributed by atoms with Crippen LogP contribution in [-0.4, -0.2) is 62.4 Å². The summed E-state index contributed by atoms with van der Waals surface area (Å²) in [6.45, 7) is 3.02. The van der Waals surface area contributed by atoms with E-state index in [9.17, 15) is 19.5 Å². The fourth-order valence-electron chi connectivity index (χ4n) is 3.58. The molecule has 0 aliphatic heterocycles. The van der Waals surface area contributed by atoms with Crippen molar-refractivity contribution in [3.63, 3.8) is 0 Å². The van der Waals surface area contributed by atoms with Crippen molar-refractivity contribution < 1.29 is 29.0 Å². The molecule has 0 rings (SSSR count). The molecule has 0 fully saturated rings. The van der Waals surface area contributed by atoms with E-state index in [0.29, 0.717) is 38.8 Å². The van der Waals surface area contributed by atoms with Crippen LogP contribution in [0.15, 0.2) is 12.2 Å². The summed E-state index contributed by atoms with van der Waals surface area (Å²) in [5.74, 6) is -0.596. The molecule has 0 bridgehead atoms. The van der Waals surface area contributed by atoms with Crippen LogP contribution in [0, 0.1) is 0 Å². The van der Waals surface area contributed by atoms with Gasteiger partial charge in [0.2, 0.25) is 5.91 Å². The summed E-state index contributed by atoms with van der Waals surface area (Å²) in [4.78, 5) is 35.1. The number of nitrogens with one attached hydrogen (secondary N) is 2. The number of amides is 1. The highest BCUT2D eigenvalue weighted by molar-refractivity contribution is 5.75. The van der Waals surface area contributed by atoms with E-state index in [1.807, 2.05) is 6.08 Å². The second-order valence-electron chi connectivity index (χ2n) is 8.96. The van der Waals surface area contributed by atoms with Gasteiger partial charge in [0, 0.05) is 32.9 Å². The molecule has 0 saturated heterocycles. The van der Waals surface area contributed by atoms with Crippen LogP contribution < -0.4 is 10.6 Å². The van der Waals surface area contributed by atoms with Gasteiger partial charge in [-0.25, -0.2) is 0 Å². The lowest BCUT2D eigenvalue weighted by Crippen LogP contribution is -2.31. The Morgan fingerprint density at radius 1 is 0.857 bits per heavy atom. The summed E-state index contributed by atoms with van der Waals surface area (Å²) >= 11 is 0. The van der Waals surface area contributed by atoms with E-state index in [-0.39, 0.29) is 30.7 Å². The van der Waals surface area contributed by atoms with Gasteiger partial charge < -0.3 is 25.2 Å². The fraction of sp³-hybridized carbons (Fsp3) is 0.815. The number of ether oxygens (including phenoxy) is 2. The van der Waals surface area contributed by atoms with Crippen LogP contribution >= 0.6 is 0 Å². The van der Waals surface area contributed by atoms with Crippen LogP contribution in [0.5, 0.6) is 0 Å². The van der Waals surface area contributed by atoms with Gasteiger partial charge in [-0.2, -0.15) is 0 Å². The maximum atomic E-state index is 12.3. The number of carbonyl (C=O) groups excluding carboxylic acids is 3. The third-order valence-corrected chi connectivity index (χ3v) is 5.78. The maximum absolute atomic E-state index is 12.3. The highest BCUT2D eigenvalue weighted by Crippen LogP contribution is 2.16. The van der Waals surface area contributed by atoms with Gasteiger partial charge in [0.1, 0.15) is 12.7 Å². The number of esters is 2. The van der Waals surface area contributed by atoms with Gasteiger partial charge in [-0.1, -0.05) is 51.2 Å². The molecule has 0 saturated carbocycles. The Morgan fingerprint density at radius 2 is 1.57 bits per heavy atom. The number of allylic oxidation sites excluding steroid dienone is 1. The summed E-state index contributed by atoms with van der Waals surface area (Å²) in [7, 11) is 3.45. The van der Waals surface area contributed by atoms with E-state index in [1.165, 1.54) is 0 Å². The maximum Gasteiger partial charge on any atom is 0.306 e. The third kappa shape index (κ3) is 21.1. The van der Waals surface area contributed by atoms with E-state index in [4.69, 9.17) is 9.47 Å². The molecular formula is C27H50N2O6. The summed E-state index contributed by atoms with van der Waals surface area (Å²) in [6.07, 6.45) is 14.4. The molecule has 0 aromatic heterocycles. The minimum Gasteiger partial charge on any atom is -0.464 e. The second kappa shape index (κ2) is 23.8. The average molecular weight is 499 g/mol. The van der Waals surface area contributed by atoms with E-state index in [0.717, 1.165) is 57.8 Å². The Balaban J connectivity index is 4.20. The molecule has 0 aliphatic carbocycles. The van der Waals surface area contributed by atoms with Crippen LogP contribution in [0.4, 0.5) is 0 Å². The summed E-state index contributed by atoms with van der Waals surface area (Å²) < 4.78 is 10.6. The van der Waals surface area contributed by atoms with Crippen LogP contribution in [0.3, 0.4) is 0 Å². The zero-order chi connectivity index (χ0) is 26.2. The molecule has 8 heteroatoms. The summed E-state index contributed by atoms with van der Waals surface area (Å²) in [5.41, 5.74) is 0. The molecule has 2 unspecified atom stereocenters. The van der Waals surface area contributed by atoms with E-state index < -0.39 is 12.2 Å². The number of hydrogen-bond acceptors (Lipinski definition) is 7. The quantitative estimate of drug-likeness (QED) is 0.110. The molecular weight excluding hydrogens is 448 g/mol. The largest absolute Gasteiger partial charge is 0.464 e. The highest BCUT2D eigenvalue weighted by Gasteiger charge is 2.22. The van der Waals surface area contributed by atoms with Gasteiger partial charge >= 0.3 is 11.9 Å². The molecule has 8 nitrogen and oxygen atoms in total. The first-order valence-electron chi connectivity index (χ1n) is 13.5. The Bertz CT molecular complexity index is 582. The molecule has 3 N–H and O–H groups in total. The normalized spacial score (nSPS) is 12.9. The lowest BCUT2D eigenvalue weighted by atomic mass is 10.0. The Hall–Kier alpha value is -1.93. The first kappa shape index (κ1) is 33.1. The van der Waals surface area contributed by atoms with E-state index >= 15 is 0 Å². The summed E-state index contributed by atoms with van der Waals surface area (Å²) in [5, 5.41) is 16.2. The van der Waals surface area contributed by atoms with Crippen molar-refractivity contribution >= 4 is 17.8 Å². The van der Waals surface area contributed by atoms with E-state index in [2.05, 4.69) is 23.6 Å². The standard InChI is InChI=1S/C27H50N2O6/c1-4-5-12-17-24(35-27(33)20-15-19-26(32)34-22-21-28-2)23(30)16-13-10-8-6-7-9-11-14-18-25(31)29-3/h10,13,23-24,28,30H,4-9,11-12,14-22H2,1-3H3,(H,29,31)/b13-10-. The van der Waals surface area contributed by atoms with Crippen molar-refractivity contribution in [2.75, 3.05) is 27.2 Å². The zero-order valence-corrected chi connectivity index (χ0v) is 22.3. The molecule has 0 spiro atoms. The Morgan fingerprint density at radius 3 is 2.29 bits per heavy atom. The van der Waals surface area contributed by atoms with Gasteiger partial charge in [0.25, 0.3) is 0 Å². The lowest BCUT2D eigenvalue weighted by molar-refractivity contribution is -0.156. The van der Waals surface area contributed by atoms with Gasteiger partial charge in [-0.3, -0.25) is 14.4 Å². The monoisotopic (exact) mass is 498 g/mol. The molecule has 0 radical (unpaired) electrons. The first-order valence-corrected chi connectivity index (χ1v) is 13.5. The Kier molecular flexibility index (Phi) is 22.5. The molecule has 0 heterocycles. The van der Waals surface area contributed by atoms with Crippen LogP contribution in [0.1, 0.15) is 103 Å². The van der Waals surface area contributed by atoms with Gasteiger partial charge in [0.15, 0.2) is 0 Å². The van der Waals surface area contributed by atoms with Crippen molar-refractivity contribution in [2.24, 2.45) is 0 Å². The fourth-order valence-corrected chi connectivity index (χ4v) is 3.58. The first-order chi connectivity index (χ1) is 16.9. The molecule has 1 amide bonds. The minimum absolute atomic E-state index is 0.102. The third-order valence-electron chi connectivity index (χ3n) is 5.78. The van der Waals surface area contributed by atoms with Gasteiger partial charge in [0.05, 0.1) is 6.10 Å². The predicted octanol–water partition coefficient (Wildman–Crippen LogP) is 4.20. The van der Waals surface area contributed by atoms with Crippen molar-refractivity contribution in [2.45, 2.75) is 115 Å². The highest BCUT2D eigenvalue weighted by atomic mass is 16.6. The number of aliphatic hydroxyl groups excluding tert-OH is 1. The Labute approximate surface area is 212 Å². The van der Waals surface area contributed by atoms with E-state index in [1.54, 1.807) is 14.1 Å². The van der Waals surface area contributed by atoms with Gasteiger partial charge in [-0.05, 0) is 52.0 Å². The van der Waals surface area contributed by atoms with Crippen molar-refractivity contribution in [1.82, 2.24) is 10.6 Å².